The van der Waals surface area contributed by atoms with Crippen LogP contribution in [-0.4, -0.2) is 44.4 Å². The topological polar surface area (TPSA) is 67.8 Å². The number of unbranched alkanes of at least 4 members (excludes halogenated alkanes) is 1. The molecule has 22 heavy (non-hydrogen) atoms. The summed E-state index contributed by atoms with van der Waals surface area (Å²) in [6.07, 6.45) is 3.82. The first kappa shape index (κ1) is 18.2. The van der Waals surface area contributed by atoms with Crippen molar-refractivity contribution < 1.29 is 9.47 Å². The van der Waals surface area contributed by atoms with Gasteiger partial charge in [0.25, 0.3) is 0 Å². The van der Waals surface area contributed by atoms with Gasteiger partial charge >= 0.3 is 0 Å². The van der Waals surface area contributed by atoms with Gasteiger partial charge in [0.05, 0.1) is 13.7 Å². The Morgan fingerprint density at radius 2 is 2.14 bits per heavy atom. The molecule has 6 nitrogen and oxygen atoms in total. The van der Waals surface area contributed by atoms with Gasteiger partial charge in [0.1, 0.15) is 0 Å². The summed E-state index contributed by atoms with van der Waals surface area (Å²) >= 11 is 0. The number of nitrogens with zero attached hydrogens (tertiary/aromatic N) is 2. The van der Waals surface area contributed by atoms with E-state index in [1.165, 1.54) is 0 Å². The maximum atomic E-state index is 5.32. The van der Waals surface area contributed by atoms with Crippen LogP contribution in [0.25, 0.3) is 0 Å². The van der Waals surface area contributed by atoms with Crippen molar-refractivity contribution in [2.45, 2.75) is 33.2 Å². The zero-order valence-electron chi connectivity index (χ0n) is 13.9. The molecule has 1 aromatic heterocycles. The fourth-order valence-electron chi connectivity index (χ4n) is 1.91. The van der Waals surface area contributed by atoms with Gasteiger partial charge in [-0.2, -0.15) is 0 Å². The van der Waals surface area contributed by atoms with Crippen molar-refractivity contribution in [1.29, 1.82) is 0 Å². The van der Waals surface area contributed by atoms with Crippen molar-refractivity contribution in [2.75, 3.05) is 33.4 Å². The molecule has 0 aliphatic carbocycles. The van der Waals surface area contributed by atoms with Crippen LogP contribution in [0.1, 0.15) is 32.3 Å². The van der Waals surface area contributed by atoms with Crippen LogP contribution in [0.2, 0.25) is 0 Å². The molecule has 0 atom stereocenters. The Morgan fingerprint density at radius 1 is 1.27 bits per heavy atom. The molecule has 0 unspecified atom stereocenters. The van der Waals surface area contributed by atoms with E-state index in [0.29, 0.717) is 12.4 Å². The second-order valence-electron chi connectivity index (χ2n) is 4.70. The third-order valence-electron chi connectivity index (χ3n) is 3.01. The van der Waals surface area contributed by atoms with E-state index < -0.39 is 0 Å². The van der Waals surface area contributed by atoms with E-state index in [2.05, 4.69) is 27.5 Å². The number of rotatable bonds is 10. The number of methoxy groups -OCH3 is 1. The number of aromatic nitrogens is 1. The Balaban J connectivity index is 2.44. The van der Waals surface area contributed by atoms with Crippen LogP contribution in [-0.2, 0) is 11.3 Å². The van der Waals surface area contributed by atoms with E-state index in [4.69, 9.17) is 9.47 Å². The summed E-state index contributed by atoms with van der Waals surface area (Å²) in [5.41, 5.74) is 0.971. The van der Waals surface area contributed by atoms with Crippen molar-refractivity contribution in [3.05, 3.63) is 23.9 Å². The lowest BCUT2D eigenvalue weighted by Crippen LogP contribution is -2.37. The van der Waals surface area contributed by atoms with E-state index in [-0.39, 0.29) is 0 Å². The van der Waals surface area contributed by atoms with Crippen LogP contribution in [0, 0.1) is 0 Å². The van der Waals surface area contributed by atoms with Gasteiger partial charge in [-0.15, -0.1) is 0 Å². The molecule has 0 saturated heterocycles. The average molecular weight is 308 g/mol. The lowest BCUT2D eigenvalue weighted by Gasteiger charge is -2.11. The summed E-state index contributed by atoms with van der Waals surface area (Å²) in [4.78, 5) is 8.75. The number of nitrogens with one attached hydrogen (secondary N) is 2. The fraction of sp³-hybridized carbons (Fsp3) is 0.625. The number of guanidine groups is 1. The highest BCUT2D eigenvalue weighted by atomic mass is 16.5. The number of hydrogen-bond acceptors (Lipinski definition) is 4. The summed E-state index contributed by atoms with van der Waals surface area (Å²) < 4.78 is 10.6. The Morgan fingerprint density at radius 3 is 2.86 bits per heavy atom. The second kappa shape index (κ2) is 11.8. The number of aliphatic imine (C=N–C) groups is 1. The lowest BCUT2D eigenvalue weighted by atomic mass is 10.3. The predicted molar refractivity (Wildman–Crippen MR) is 89.3 cm³/mol. The molecule has 0 amide bonds. The van der Waals surface area contributed by atoms with E-state index in [9.17, 15) is 0 Å². The van der Waals surface area contributed by atoms with Crippen molar-refractivity contribution in [2.24, 2.45) is 4.99 Å². The molecule has 1 heterocycles. The van der Waals surface area contributed by atoms with Crippen LogP contribution in [0.4, 0.5) is 0 Å². The highest BCUT2D eigenvalue weighted by molar-refractivity contribution is 5.79. The van der Waals surface area contributed by atoms with Gasteiger partial charge in [0.2, 0.25) is 5.88 Å². The number of hydrogen-bond donors (Lipinski definition) is 2. The molecule has 0 aliphatic heterocycles. The van der Waals surface area contributed by atoms with Gasteiger partial charge in [-0.25, -0.2) is 9.98 Å². The third kappa shape index (κ3) is 7.26. The highest BCUT2D eigenvalue weighted by Gasteiger charge is 2.03. The first-order chi connectivity index (χ1) is 10.8. The second-order valence-corrected chi connectivity index (χ2v) is 4.70. The van der Waals surface area contributed by atoms with Crippen LogP contribution in [0.5, 0.6) is 5.88 Å². The first-order valence-corrected chi connectivity index (χ1v) is 7.89. The van der Waals surface area contributed by atoms with Crippen LogP contribution >= 0.6 is 0 Å². The fourth-order valence-corrected chi connectivity index (χ4v) is 1.91. The van der Waals surface area contributed by atoms with E-state index in [0.717, 1.165) is 50.7 Å². The summed E-state index contributed by atoms with van der Waals surface area (Å²) in [5, 5.41) is 6.57. The zero-order valence-corrected chi connectivity index (χ0v) is 13.9. The quantitative estimate of drug-likeness (QED) is 0.393. The Labute approximate surface area is 133 Å². The van der Waals surface area contributed by atoms with Crippen LogP contribution in [0.3, 0.4) is 0 Å². The minimum atomic E-state index is 0.533. The van der Waals surface area contributed by atoms with E-state index in [1.807, 2.05) is 19.1 Å². The van der Waals surface area contributed by atoms with E-state index in [1.54, 1.807) is 13.3 Å². The molecule has 6 heteroatoms. The zero-order chi connectivity index (χ0) is 16.0. The summed E-state index contributed by atoms with van der Waals surface area (Å²) in [6.45, 7) is 7.91. The SMILES string of the molecule is CCNC(=NCc1cccnc1OC)NCCCCOCC. The van der Waals surface area contributed by atoms with Crippen molar-refractivity contribution in [3.8, 4) is 5.88 Å². The maximum Gasteiger partial charge on any atom is 0.218 e. The van der Waals surface area contributed by atoms with Crippen molar-refractivity contribution in [3.63, 3.8) is 0 Å². The number of pyridine rings is 1. The molecule has 2 N–H and O–H groups in total. The molecule has 0 bridgehead atoms. The van der Waals surface area contributed by atoms with Gasteiger partial charge in [-0.3, -0.25) is 0 Å². The summed E-state index contributed by atoms with van der Waals surface area (Å²) in [7, 11) is 1.62. The van der Waals surface area contributed by atoms with Gasteiger partial charge in [-0.1, -0.05) is 6.07 Å². The Bertz CT molecular complexity index is 438. The Hall–Kier alpha value is -1.82. The molecule has 0 saturated carbocycles. The summed E-state index contributed by atoms with van der Waals surface area (Å²) in [6, 6.07) is 3.86. The molecule has 1 aromatic rings. The van der Waals surface area contributed by atoms with Crippen molar-refractivity contribution in [1.82, 2.24) is 15.6 Å². The van der Waals surface area contributed by atoms with E-state index >= 15 is 0 Å². The minimum absolute atomic E-state index is 0.533. The molecule has 0 aliphatic rings. The van der Waals surface area contributed by atoms with Gasteiger partial charge < -0.3 is 20.1 Å². The van der Waals surface area contributed by atoms with Crippen LogP contribution < -0.4 is 15.4 Å². The molecule has 1 rings (SSSR count). The third-order valence-corrected chi connectivity index (χ3v) is 3.01. The Kier molecular flexibility index (Phi) is 9.78. The van der Waals surface area contributed by atoms with Crippen LogP contribution in [0.15, 0.2) is 23.3 Å². The molecule has 0 fully saturated rings. The maximum absolute atomic E-state index is 5.32. The number of ether oxygens (including phenoxy) is 2. The molecule has 124 valence electrons. The molecule has 0 radical (unpaired) electrons. The molecule has 0 spiro atoms. The van der Waals surface area contributed by atoms with Gasteiger partial charge in [0.15, 0.2) is 5.96 Å². The molecular formula is C16H28N4O2. The first-order valence-electron chi connectivity index (χ1n) is 7.89. The molecule has 0 aromatic carbocycles. The lowest BCUT2D eigenvalue weighted by molar-refractivity contribution is 0.143. The predicted octanol–water partition coefficient (Wildman–Crippen LogP) is 1.96. The molecular weight excluding hydrogens is 280 g/mol. The van der Waals surface area contributed by atoms with Gasteiger partial charge in [-0.05, 0) is 32.8 Å². The summed E-state index contributed by atoms with van der Waals surface area (Å²) in [5.74, 6) is 1.43. The van der Waals surface area contributed by atoms with Gasteiger partial charge in [0, 0.05) is 38.1 Å². The standard InChI is InChI=1S/C16H28N4O2/c1-4-17-16(19-10-6-7-12-22-5-2)20-13-14-9-8-11-18-15(14)21-3/h8-9,11H,4-7,10,12-13H2,1-3H3,(H2,17,19,20). The van der Waals surface area contributed by atoms with Crippen molar-refractivity contribution >= 4 is 5.96 Å². The highest BCUT2D eigenvalue weighted by Crippen LogP contribution is 2.14. The minimum Gasteiger partial charge on any atom is -0.481 e. The smallest absolute Gasteiger partial charge is 0.218 e. The largest absolute Gasteiger partial charge is 0.481 e. The normalized spacial score (nSPS) is 11.3. The monoisotopic (exact) mass is 308 g/mol. The average Bonchev–Trinajstić information content (AvgIpc) is 2.56.